The molecule has 7 nitrogen and oxygen atoms in total. The second-order valence-electron chi connectivity index (χ2n) is 8.50. The number of nitrogens with zero attached hydrogens (tertiary/aromatic N) is 3. The van der Waals surface area contributed by atoms with E-state index in [1.807, 2.05) is 71.3 Å². The third kappa shape index (κ3) is 5.60. The summed E-state index contributed by atoms with van der Waals surface area (Å²) in [5.41, 5.74) is 7.70. The molecule has 192 valence electrons. The van der Waals surface area contributed by atoms with Crippen molar-refractivity contribution in [3.63, 3.8) is 0 Å². The smallest absolute Gasteiger partial charge is 0.272 e. The molecule has 9 heteroatoms. The second-order valence-corrected chi connectivity index (χ2v) is 9.34. The number of non-ortho nitro benzene ring substituents is 1. The number of rotatable bonds is 7. The number of aromatic nitrogens is 1. The number of nitro groups is 1. The number of amides is 1. The molecule has 0 aliphatic heterocycles. The minimum Gasteiger partial charge on any atom is -0.309 e. The maximum atomic E-state index is 12.7. The number of benzene rings is 4. The van der Waals surface area contributed by atoms with Gasteiger partial charge in [0, 0.05) is 28.4 Å². The van der Waals surface area contributed by atoms with Crippen LogP contribution in [0.4, 0.5) is 5.69 Å². The zero-order valence-electron chi connectivity index (χ0n) is 20.3. The Labute approximate surface area is 234 Å². The number of hydrogen-bond acceptors (Lipinski definition) is 4. The molecule has 0 spiro atoms. The third-order valence-electron chi connectivity index (χ3n) is 6.01. The van der Waals surface area contributed by atoms with Crippen molar-refractivity contribution in [2.24, 2.45) is 5.10 Å². The normalized spacial score (nSPS) is 11.0. The topological polar surface area (TPSA) is 89.5 Å². The number of nitro benzene ring substituents is 1. The van der Waals surface area contributed by atoms with Crippen LogP contribution in [0, 0.1) is 10.1 Å². The fraction of sp³-hybridized carbons (Fsp3) is 0. The van der Waals surface area contributed by atoms with E-state index in [1.165, 1.54) is 24.3 Å². The third-order valence-corrected chi connectivity index (χ3v) is 6.56. The first-order valence-electron chi connectivity index (χ1n) is 11.8. The van der Waals surface area contributed by atoms with Gasteiger partial charge in [0.1, 0.15) is 0 Å². The molecule has 1 N–H and O–H groups in total. The van der Waals surface area contributed by atoms with Crippen molar-refractivity contribution in [1.82, 2.24) is 9.99 Å². The number of carbonyl (C=O) groups excluding carboxylic acids is 1. The van der Waals surface area contributed by atoms with Gasteiger partial charge in [-0.15, -0.1) is 0 Å². The van der Waals surface area contributed by atoms with Gasteiger partial charge in [0.2, 0.25) is 0 Å². The first kappa shape index (κ1) is 25.9. The van der Waals surface area contributed by atoms with Crippen LogP contribution in [-0.4, -0.2) is 21.6 Å². The van der Waals surface area contributed by atoms with Gasteiger partial charge in [0.25, 0.3) is 11.6 Å². The number of nitrogens with one attached hydrogen (secondary N) is 1. The molecule has 4 aromatic carbocycles. The largest absolute Gasteiger partial charge is 0.309 e. The Morgan fingerprint density at radius 3 is 2.10 bits per heavy atom. The van der Waals surface area contributed by atoms with Gasteiger partial charge >= 0.3 is 0 Å². The van der Waals surface area contributed by atoms with Crippen LogP contribution in [0.15, 0.2) is 114 Å². The highest BCUT2D eigenvalue weighted by Gasteiger charge is 2.19. The van der Waals surface area contributed by atoms with Crippen molar-refractivity contribution in [1.29, 1.82) is 0 Å². The van der Waals surface area contributed by atoms with E-state index in [9.17, 15) is 14.9 Å². The van der Waals surface area contributed by atoms with E-state index in [2.05, 4.69) is 10.5 Å². The van der Waals surface area contributed by atoms with Crippen molar-refractivity contribution in [3.8, 4) is 28.2 Å². The van der Waals surface area contributed by atoms with Gasteiger partial charge in [-0.05, 0) is 47.5 Å². The van der Waals surface area contributed by atoms with Gasteiger partial charge in [-0.25, -0.2) is 5.43 Å². The van der Waals surface area contributed by atoms with E-state index in [1.54, 1.807) is 24.4 Å². The fourth-order valence-electron chi connectivity index (χ4n) is 4.23. The maximum absolute atomic E-state index is 12.7. The summed E-state index contributed by atoms with van der Waals surface area (Å²) in [6, 6.07) is 32.4. The summed E-state index contributed by atoms with van der Waals surface area (Å²) in [6.45, 7) is 0. The molecule has 0 saturated carbocycles. The Morgan fingerprint density at radius 1 is 0.846 bits per heavy atom. The predicted octanol–water partition coefficient (Wildman–Crippen LogP) is 7.79. The Kier molecular flexibility index (Phi) is 7.54. The Balaban J connectivity index is 1.63. The van der Waals surface area contributed by atoms with Gasteiger partial charge in [-0.3, -0.25) is 14.9 Å². The molecule has 0 unspecified atom stereocenters. The summed E-state index contributed by atoms with van der Waals surface area (Å²) in [5, 5.41) is 16.1. The highest BCUT2D eigenvalue weighted by Crippen LogP contribution is 2.35. The molecule has 0 saturated heterocycles. The summed E-state index contributed by atoms with van der Waals surface area (Å²) < 4.78 is 2.02. The van der Waals surface area contributed by atoms with E-state index in [0.717, 1.165) is 33.8 Å². The lowest BCUT2D eigenvalue weighted by atomic mass is 10.1. The molecule has 39 heavy (non-hydrogen) atoms. The van der Waals surface area contributed by atoms with Crippen LogP contribution in [0.5, 0.6) is 0 Å². The Morgan fingerprint density at radius 2 is 1.49 bits per heavy atom. The molecule has 5 aromatic rings. The van der Waals surface area contributed by atoms with E-state index in [0.29, 0.717) is 5.02 Å². The summed E-state index contributed by atoms with van der Waals surface area (Å²) in [5.74, 6) is -0.479. The molecule has 0 atom stereocenters. The Hall–Kier alpha value is -4.72. The van der Waals surface area contributed by atoms with Gasteiger partial charge < -0.3 is 4.57 Å². The predicted molar refractivity (Wildman–Crippen MR) is 155 cm³/mol. The monoisotopic (exact) mass is 554 g/mol. The number of hydrogen-bond donors (Lipinski definition) is 1. The standard InChI is InChI=1S/C30H20Cl2N4O3/c31-23-11-16-26(27(32)18-23)30(37)34-33-19-22-17-28(20-7-3-1-4-8-20)35(29(22)21-9-5-2-6-10-21)24-12-14-25(15-13-24)36(38)39/h1-19H,(H,34,37)/b33-19-. The van der Waals surface area contributed by atoms with Crippen LogP contribution in [0.1, 0.15) is 15.9 Å². The fourth-order valence-corrected chi connectivity index (χ4v) is 4.72. The molecule has 0 bridgehead atoms. The molecule has 0 aliphatic carbocycles. The van der Waals surface area contributed by atoms with Gasteiger partial charge in [0.05, 0.1) is 33.1 Å². The molecule has 1 aromatic heterocycles. The number of halogens is 2. The van der Waals surface area contributed by atoms with Crippen molar-refractivity contribution in [2.45, 2.75) is 0 Å². The van der Waals surface area contributed by atoms with Gasteiger partial charge in [0.15, 0.2) is 0 Å². The van der Waals surface area contributed by atoms with Crippen molar-refractivity contribution >= 4 is 41.0 Å². The van der Waals surface area contributed by atoms with Crippen LogP contribution in [0.3, 0.4) is 0 Å². The minimum atomic E-state index is -0.479. The molecular formula is C30H20Cl2N4O3. The lowest BCUT2D eigenvalue weighted by Gasteiger charge is -2.15. The summed E-state index contributed by atoms with van der Waals surface area (Å²) in [7, 11) is 0. The van der Waals surface area contributed by atoms with E-state index < -0.39 is 10.8 Å². The zero-order valence-corrected chi connectivity index (χ0v) is 21.8. The first-order valence-corrected chi connectivity index (χ1v) is 12.6. The van der Waals surface area contributed by atoms with E-state index in [4.69, 9.17) is 23.2 Å². The molecular weight excluding hydrogens is 535 g/mol. The zero-order chi connectivity index (χ0) is 27.4. The molecule has 0 aliphatic rings. The molecule has 1 heterocycles. The highest BCUT2D eigenvalue weighted by atomic mass is 35.5. The number of carbonyl (C=O) groups is 1. The van der Waals surface area contributed by atoms with Crippen LogP contribution >= 0.6 is 23.2 Å². The van der Waals surface area contributed by atoms with Gasteiger partial charge in [-0.1, -0.05) is 83.9 Å². The quantitative estimate of drug-likeness (QED) is 0.126. The average Bonchev–Trinajstić information content (AvgIpc) is 3.33. The van der Waals surface area contributed by atoms with Crippen LogP contribution in [0.25, 0.3) is 28.2 Å². The Bertz CT molecular complexity index is 1680. The van der Waals surface area contributed by atoms with Crippen molar-refractivity contribution in [3.05, 3.63) is 140 Å². The summed E-state index contributed by atoms with van der Waals surface area (Å²) >= 11 is 12.1. The molecule has 0 radical (unpaired) electrons. The van der Waals surface area contributed by atoms with Crippen LogP contribution in [0.2, 0.25) is 10.0 Å². The molecule has 5 rings (SSSR count). The minimum absolute atomic E-state index is 0.00112. The maximum Gasteiger partial charge on any atom is 0.272 e. The van der Waals surface area contributed by atoms with Crippen molar-refractivity contribution in [2.75, 3.05) is 0 Å². The summed E-state index contributed by atoms with van der Waals surface area (Å²) in [4.78, 5) is 23.6. The van der Waals surface area contributed by atoms with Gasteiger partial charge in [-0.2, -0.15) is 5.10 Å². The van der Waals surface area contributed by atoms with E-state index in [-0.39, 0.29) is 16.3 Å². The highest BCUT2D eigenvalue weighted by molar-refractivity contribution is 6.36. The SMILES string of the molecule is O=C(N/N=C\c1cc(-c2ccccc2)n(-c2ccc([N+](=O)[O-])cc2)c1-c1ccccc1)c1ccc(Cl)cc1Cl. The lowest BCUT2D eigenvalue weighted by molar-refractivity contribution is -0.384. The van der Waals surface area contributed by atoms with E-state index >= 15 is 0 Å². The van der Waals surface area contributed by atoms with Crippen molar-refractivity contribution < 1.29 is 9.72 Å². The second kappa shape index (κ2) is 11.3. The average molecular weight is 555 g/mol. The molecule has 0 fully saturated rings. The van der Waals surface area contributed by atoms with Crippen LogP contribution in [-0.2, 0) is 0 Å². The first-order chi connectivity index (χ1) is 18.9. The van der Waals surface area contributed by atoms with Crippen LogP contribution < -0.4 is 5.43 Å². The molecule has 1 amide bonds. The lowest BCUT2D eigenvalue weighted by Crippen LogP contribution is -2.18. The number of hydrazone groups is 1. The summed E-state index contributed by atoms with van der Waals surface area (Å²) in [6.07, 6.45) is 1.57.